The average molecular weight is 190 g/mol. The quantitative estimate of drug-likeness (QED) is 0.773. The molecule has 0 aromatic carbocycles. The van der Waals surface area contributed by atoms with E-state index in [1.165, 1.54) is 0 Å². The van der Waals surface area contributed by atoms with Crippen LogP contribution >= 0.6 is 0 Å². The van der Waals surface area contributed by atoms with Gasteiger partial charge >= 0.3 is 0 Å². The first-order chi connectivity index (χ1) is 6.88. The van der Waals surface area contributed by atoms with Gasteiger partial charge in [0.05, 0.1) is 24.6 Å². The molecule has 0 fully saturated rings. The summed E-state index contributed by atoms with van der Waals surface area (Å²) in [7, 11) is 0. The van der Waals surface area contributed by atoms with E-state index in [2.05, 4.69) is 4.98 Å². The lowest BCUT2D eigenvalue weighted by Crippen LogP contribution is -2.17. The fourth-order valence-corrected chi connectivity index (χ4v) is 1.56. The second-order valence-corrected chi connectivity index (χ2v) is 3.40. The number of rotatable bonds is 2. The van der Waals surface area contributed by atoms with Crippen LogP contribution in [0.4, 0.5) is 0 Å². The average Bonchev–Trinajstić information content (AvgIpc) is 2.30. The first kappa shape index (κ1) is 9.21. The van der Waals surface area contributed by atoms with Gasteiger partial charge in [0.1, 0.15) is 0 Å². The molecule has 2 heterocycles. The molecule has 3 heteroatoms. The normalized spacial score (nSPS) is 18.2. The van der Waals surface area contributed by atoms with Crippen molar-refractivity contribution < 1.29 is 4.74 Å². The number of hydrogen-bond donors (Lipinski definition) is 1. The van der Waals surface area contributed by atoms with E-state index in [1.54, 1.807) is 12.5 Å². The second-order valence-electron chi connectivity index (χ2n) is 3.40. The van der Waals surface area contributed by atoms with Gasteiger partial charge in [0.2, 0.25) is 0 Å². The summed E-state index contributed by atoms with van der Waals surface area (Å²) in [5, 5.41) is 0. The van der Waals surface area contributed by atoms with Gasteiger partial charge < -0.3 is 10.5 Å². The molecule has 3 nitrogen and oxygen atoms in total. The predicted octanol–water partition coefficient (Wildman–Crippen LogP) is 1.78. The summed E-state index contributed by atoms with van der Waals surface area (Å²) in [6.45, 7) is 0.804. The summed E-state index contributed by atoms with van der Waals surface area (Å²) in [6, 6.07) is 5.67. The lowest BCUT2D eigenvalue weighted by atomic mass is 10.00. The SMILES string of the molecule is NC(C1=COCCC1)c1ccccn1. The lowest BCUT2D eigenvalue weighted by Gasteiger charge is -2.19. The first-order valence-electron chi connectivity index (χ1n) is 4.85. The molecule has 0 bridgehead atoms. The fourth-order valence-electron chi connectivity index (χ4n) is 1.56. The Balaban J connectivity index is 2.15. The minimum atomic E-state index is -0.114. The zero-order chi connectivity index (χ0) is 9.80. The molecule has 1 aromatic heterocycles. The first-order valence-corrected chi connectivity index (χ1v) is 4.85. The number of ether oxygens (including phenoxy) is 1. The maximum absolute atomic E-state index is 6.06. The van der Waals surface area contributed by atoms with E-state index >= 15 is 0 Å². The highest BCUT2D eigenvalue weighted by Crippen LogP contribution is 2.23. The summed E-state index contributed by atoms with van der Waals surface area (Å²) in [5.74, 6) is 0. The van der Waals surface area contributed by atoms with Crippen LogP contribution in [0.15, 0.2) is 36.2 Å². The third kappa shape index (κ3) is 1.93. The van der Waals surface area contributed by atoms with Gasteiger partial charge in [-0.3, -0.25) is 4.98 Å². The molecule has 0 amide bonds. The van der Waals surface area contributed by atoms with Crippen molar-refractivity contribution in [3.05, 3.63) is 41.9 Å². The Hall–Kier alpha value is -1.35. The van der Waals surface area contributed by atoms with Crippen LogP contribution in [0.3, 0.4) is 0 Å². The number of nitrogens with two attached hydrogens (primary N) is 1. The molecule has 0 radical (unpaired) electrons. The molecule has 2 rings (SSSR count). The minimum Gasteiger partial charge on any atom is -0.501 e. The molecule has 14 heavy (non-hydrogen) atoms. The summed E-state index contributed by atoms with van der Waals surface area (Å²) in [5.41, 5.74) is 8.10. The van der Waals surface area contributed by atoms with E-state index in [0.717, 1.165) is 30.7 Å². The van der Waals surface area contributed by atoms with Gasteiger partial charge in [-0.25, -0.2) is 0 Å². The topological polar surface area (TPSA) is 48.1 Å². The number of aromatic nitrogens is 1. The Bertz CT molecular complexity index is 321. The van der Waals surface area contributed by atoms with Gasteiger partial charge in [0.15, 0.2) is 0 Å². The minimum absolute atomic E-state index is 0.114. The van der Waals surface area contributed by atoms with Gasteiger partial charge in [-0.1, -0.05) is 6.07 Å². The van der Waals surface area contributed by atoms with Crippen LogP contribution in [0.1, 0.15) is 24.6 Å². The molecule has 1 aromatic rings. The highest BCUT2D eigenvalue weighted by molar-refractivity contribution is 5.21. The molecule has 0 spiro atoms. The van der Waals surface area contributed by atoms with Crippen molar-refractivity contribution in [2.75, 3.05) is 6.61 Å². The summed E-state index contributed by atoms with van der Waals surface area (Å²) >= 11 is 0. The van der Waals surface area contributed by atoms with Crippen molar-refractivity contribution >= 4 is 0 Å². The molecule has 0 aliphatic carbocycles. The second kappa shape index (κ2) is 4.24. The zero-order valence-corrected chi connectivity index (χ0v) is 8.02. The van der Waals surface area contributed by atoms with Crippen molar-refractivity contribution in [3.8, 4) is 0 Å². The Morgan fingerprint density at radius 3 is 3.00 bits per heavy atom. The van der Waals surface area contributed by atoms with Crippen molar-refractivity contribution in [3.63, 3.8) is 0 Å². The Morgan fingerprint density at radius 1 is 1.43 bits per heavy atom. The van der Waals surface area contributed by atoms with Gasteiger partial charge in [-0.2, -0.15) is 0 Å². The van der Waals surface area contributed by atoms with E-state index in [0.29, 0.717) is 0 Å². The maximum Gasteiger partial charge on any atom is 0.0876 e. The molecular weight excluding hydrogens is 176 g/mol. The Kier molecular flexibility index (Phi) is 2.79. The fraction of sp³-hybridized carbons (Fsp3) is 0.364. The van der Waals surface area contributed by atoms with Crippen LogP contribution in [0.5, 0.6) is 0 Å². The molecule has 74 valence electrons. The largest absolute Gasteiger partial charge is 0.501 e. The van der Waals surface area contributed by atoms with Crippen LogP contribution in [0.2, 0.25) is 0 Å². The summed E-state index contributed by atoms with van der Waals surface area (Å²) in [4.78, 5) is 4.23. The van der Waals surface area contributed by atoms with Gasteiger partial charge in [0.25, 0.3) is 0 Å². The molecule has 1 aliphatic rings. The van der Waals surface area contributed by atoms with Crippen LogP contribution in [-0.4, -0.2) is 11.6 Å². The van der Waals surface area contributed by atoms with Crippen LogP contribution < -0.4 is 5.73 Å². The van der Waals surface area contributed by atoms with Crippen LogP contribution in [-0.2, 0) is 4.74 Å². The van der Waals surface area contributed by atoms with Crippen LogP contribution in [0.25, 0.3) is 0 Å². The van der Waals surface area contributed by atoms with Crippen molar-refractivity contribution in [2.45, 2.75) is 18.9 Å². The molecule has 0 saturated heterocycles. The van der Waals surface area contributed by atoms with Crippen molar-refractivity contribution in [2.24, 2.45) is 5.73 Å². The van der Waals surface area contributed by atoms with E-state index in [9.17, 15) is 0 Å². The number of hydrogen-bond acceptors (Lipinski definition) is 3. The Labute approximate surface area is 83.6 Å². The van der Waals surface area contributed by atoms with E-state index < -0.39 is 0 Å². The molecule has 1 aliphatic heterocycles. The summed E-state index contributed by atoms with van der Waals surface area (Å²) in [6.07, 6.45) is 5.60. The van der Waals surface area contributed by atoms with Crippen molar-refractivity contribution in [1.82, 2.24) is 4.98 Å². The molecule has 0 saturated carbocycles. The number of pyridine rings is 1. The maximum atomic E-state index is 6.06. The van der Waals surface area contributed by atoms with E-state index in [4.69, 9.17) is 10.5 Å². The highest BCUT2D eigenvalue weighted by Gasteiger charge is 2.15. The smallest absolute Gasteiger partial charge is 0.0876 e. The van der Waals surface area contributed by atoms with Gasteiger partial charge in [0, 0.05) is 6.20 Å². The van der Waals surface area contributed by atoms with Gasteiger partial charge in [-0.15, -0.1) is 0 Å². The number of nitrogens with zero attached hydrogens (tertiary/aromatic N) is 1. The monoisotopic (exact) mass is 190 g/mol. The Morgan fingerprint density at radius 2 is 2.36 bits per heavy atom. The third-order valence-corrected chi connectivity index (χ3v) is 2.37. The lowest BCUT2D eigenvalue weighted by molar-refractivity contribution is 0.221. The van der Waals surface area contributed by atoms with Crippen molar-refractivity contribution in [1.29, 1.82) is 0 Å². The molecule has 2 N–H and O–H groups in total. The van der Waals surface area contributed by atoms with Gasteiger partial charge in [-0.05, 0) is 30.5 Å². The summed E-state index contributed by atoms with van der Waals surface area (Å²) < 4.78 is 5.25. The standard InChI is InChI=1S/C11H14N2O/c12-11(9-4-3-7-14-8-9)10-5-1-2-6-13-10/h1-2,5-6,8,11H,3-4,7,12H2. The van der Waals surface area contributed by atoms with E-state index in [1.807, 2.05) is 18.2 Å². The van der Waals surface area contributed by atoms with E-state index in [-0.39, 0.29) is 6.04 Å². The van der Waals surface area contributed by atoms with Crippen LogP contribution in [0, 0.1) is 0 Å². The molecule has 1 unspecified atom stereocenters. The third-order valence-electron chi connectivity index (χ3n) is 2.37. The highest BCUT2D eigenvalue weighted by atomic mass is 16.5. The molecular formula is C11H14N2O. The predicted molar refractivity (Wildman–Crippen MR) is 54.4 cm³/mol. The zero-order valence-electron chi connectivity index (χ0n) is 8.02. The molecule has 1 atom stereocenters.